The summed E-state index contributed by atoms with van der Waals surface area (Å²) in [5, 5.41) is 13.9. The van der Waals surface area contributed by atoms with Gasteiger partial charge in [0.2, 0.25) is 11.8 Å². The fourth-order valence-corrected chi connectivity index (χ4v) is 10.2. The summed E-state index contributed by atoms with van der Waals surface area (Å²) in [6.45, 7) is 6.18. The second-order valence-corrected chi connectivity index (χ2v) is 17.6. The van der Waals surface area contributed by atoms with E-state index >= 15 is 0 Å². The monoisotopic (exact) mass is 840 g/mol. The molecule has 2 saturated heterocycles. The number of piperidine rings is 1. The molecule has 5 amide bonds. The number of imide groups is 2. The maximum Gasteiger partial charge on any atom is 0.433 e. The van der Waals surface area contributed by atoms with E-state index in [9.17, 15) is 37.1 Å². The number of methoxy groups -OCH3 is 1. The van der Waals surface area contributed by atoms with Gasteiger partial charge in [-0.1, -0.05) is 19.1 Å². The first kappa shape index (κ1) is 40.6. The van der Waals surface area contributed by atoms with Crippen molar-refractivity contribution in [2.75, 3.05) is 43.9 Å². The van der Waals surface area contributed by atoms with E-state index in [1.807, 2.05) is 10.9 Å². The van der Waals surface area contributed by atoms with Gasteiger partial charge >= 0.3 is 6.18 Å². The van der Waals surface area contributed by atoms with Crippen LogP contribution in [0.15, 0.2) is 54.7 Å². The summed E-state index contributed by atoms with van der Waals surface area (Å²) in [4.78, 5) is 70.9. The van der Waals surface area contributed by atoms with Crippen LogP contribution in [-0.2, 0) is 15.8 Å². The predicted molar refractivity (Wildman–Crippen MR) is 217 cm³/mol. The molecule has 2 atom stereocenters. The van der Waals surface area contributed by atoms with Crippen molar-refractivity contribution in [1.82, 2.24) is 29.9 Å². The number of rotatable bonds is 11. The highest BCUT2D eigenvalue weighted by Gasteiger charge is 2.53. The summed E-state index contributed by atoms with van der Waals surface area (Å²) in [5.41, 5.74) is 1.02. The third-order valence-corrected chi connectivity index (χ3v) is 13.5. The summed E-state index contributed by atoms with van der Waals surface area (Å²) in [7, 11) is 1.45. The lowest BCUT2D eigenvalue weighted by Gasteiger charge is -2.61. The van der Waals surface area contributed by atoms with E-state index in [2.05, 4.69) is 32.8 Å². The van der Waals surface area contributed by atoms with Crippen molar-refractivity contribution in [3.05, 3.63) is 77.2 Å². The lowest BCUT2D eigenvalue weighted by molar-refractivity contribution is -0.141. The van der Waals surface area contributed by atoms with Gasteiger partial charge in [0.15, 0.2) is 0 Å². The highest BCUT2D eigenvalue weighted by Crippen LogP contribution is 2.55. The van der Waals surface area contributed by atoms with E-state index in [-0.39, 0.29) is 35.7 Å². The number of likely N-dealkylation sites (tertiary alicyclic amines) is 1. The number of nitrogens with zero attached hydrogens (tertiary/aromatic N) is 5. The maximum absolute atomic E-state index is 13.5. The number of alkyl halides is 3. The molecule has 1 unspecified atom stereocenters. The number of carbonyl (C=O) groups is 5. The number of aromatic nitrogens is 3. The zero-order valence-electron chi connectivity index (χ0n) is 33.9. The van der Waals surface area contributed by atoms with Crippen LogP contribution in [0.3, 0.4) is 0 Å². The quantitative estimate of drug-likeness (QED) is 0.146. The minimum atomic E-state index is -4.67. The van der Waals surface area contributed by atoms with Gasteiger partial charge in [0.25, 0.3) is 17.7 Å². The molecule has 3 N–H and O–H groups in total. The molecule has 2 aromatic heterocycles. The number of pyridine rings is 1. The molecular weight excluding hydrogens is 794 g/mol. The van der Waals surface area contributed by atoms with Gasteiger partial charge < -0.3 is 20.3 Å². The normalized spacial score (nSPS) is 23.4. The smallest absolute Gasteiger partial charge is 0.433 e. The third-order valence-electron chi connectivity index (χ3n) is 13.5. The summed E-state index contributed by atoms with van der Waals surface area (Å²) in [6.07, 6.45) is 3.97. The van der Waals surface area contributed by atoms with Crippen LogP contribution in [0.5, 0.6) is 5.75 Å². The van der Waals surface area contributed by atoms with Crippen molar-refractivity contribution in [3.8, 4) is 5.75 Å². The van der Waals surface area contributed by atoms with Crippen molar-refractivity contribution in [2.45, 2.75) is 76.6 Å². The first-order valence-corrected chi connectivity index (χ1v) is 20.9. The molecule has 3 aliphatic heterocycles. The zero-order chi connectivity index (χ0) is 42.8. The number of ether oxygens (including phenoxy) is 1. The molecule has 4 fully saturated rings. The van der Waals surface area contributed by atoms with Gasteiger partial charge in [-0.05, 0) is 98.4 Å². The molecule has 61 heavy (non-hydrogen) atoms. The Balaban J connectivity index is 0.730. The van der Waals surface area contributed by atoms with Gasteiger partial charge in [-0.25, -0.2) is 4.98 Å². The second-order valence-electron chi connectivity index (χ2n) is 17.6. The molecule has 14 nitrogen and oxygen atoms in total. The van der Waals surface area contributed by atoms with Gasteiger partial charge in [-0.15, -0.1) is 0 Å². The first-order chi connectivity index (χ1) is 29.2. The van der Waals surface area contributed by atoms with E-state index in [1.165, 1.54) is 13.2 Å². The molecule has 1 spiro atoms. The molecule has 4 aromatic rings. The number of anilines is 2. The van der Waals surface area contributed by atoms with E-state index in [4.69, 9.17) is 9.84 Å². The van der Waals surface area contributed by atoms with Crippen LogP contribution in [0.4, 0.5) is 24.5 Å². The number of nitrogens with one attached hydrogen (secondary N) is 3. The second kappa shape index (κ2) is 15.6. The number of hydrogen-bond donors (Lipinski definition) is 3. The molecule has 2 saturated carbocycles. The number of fused-ring (bicyclic) bond motifs is 2. The number of benzene rings is 2. The molecule has 17 heteroatoms. The van der Waals surface area contributed by atoms with Gasteiger partial charge in [0.1, 0.15) is 23.2 Å². The van der Waals surface area contributed by atoms with Crippen molar-refractivity contribution >= 4 is 51.8 Å². The van der Waals surface area contributed by atoms with E-state index in [0.717, 1.165) is 80.6 Å². The number of hydrogen-bond acceptors (Lipinski definition) is 10. The van der Waals surface area contributed by atoms with Crippen molar-refractivity contribution in [2.24, 2.45) is 23.2 Å². The molecular formula is C44H47F3N8O6. The molecule has 5 aliphatic rings. The van der Waals surface area contributed by atoms with Gasteiger partial charge in [0.05, 0.1) is 35.5 Å². The number of carbonyl (C=O) groups excluding carboxylic acids is 5. The van der Waals surface area contributed by atoms with Crippen molar-refractivity contribution < 1.29 is 41.9 Å². The van der Waals surface area contributed by atoms with Crippen LogP contribution in [0, 0.1) is 23.2 Å². The van der Waals surface area contributed by atoms with E-state index in [1.54, 1.807) is 30.3 Å². The highest BCUT2D eigenvalue weighted by molar-refractivity contribution is 6.25. The Kier molecular flexibility index (Phi) is 10.4. The molecule has 2 aromatic carbocycles. The van der Waals surface area contributed by atoms with Crippen LogP contribution in [-0.4, -0.2) is 93.4 Å². The Bertz CT molecular complexity index is 2430. The molecule has 320 valence electrons. The van der Waals surface area contributed by atoms with Gasteiger partial charge in [0, 0.05) is 55.9 Å². The first-order valence-electron chi connectivity index (χ1n) is 20.9. The minimum absolute atomic E-state index is 0.0760. The third kappa shape index (κ3) is 7.72. The summed E-state index contributed by atoms with van der Waals surface area (Å²) < 4.78 is 47.0. The molecule has 0 radical (unpaired) electrons. The van der Waals surface area contributed by atoms with Gasteiger partial charge in [-0.3, -0.25) is 38.9 Å². The molecule has 5 heterocycles. The standard InChI is InChI=1S/C44H47F3N8O6/c1-24(19-48-30-6-3-5-29-38(30)42(60)55(41(29)59)34-13-14-37(56)51-40(34)58)27-17-43(18-27)22-53(23-43)20-25-9-11-28(12-10-25)54-21-26-15-33(35(61-2)16-32(26)52-54)50-39(57)31-7-4-8-36(49-31)44(45,46)47/h3-8,15-16,21,24-25,27-28,34,48H,9-14,17-20,22-23H2,1-2H3,(H,50,57)(H,51,56,58)/t24-,25-,28-,34?/m1/s1. The maximum atomic E-state index is 13.5. The average molecular weight is 841 g/mol. The minimum Gasteiger partial charge on any atom is -0.494 e. The van der Waals surface area contributed by atoms with Crippen LogP contribution in [0.1, 0.15) is 101 Å². The highest BCUT2D eigenvalue weighted by atomic mass is 19.4. The summed E-state index contributed by atoms with van der Waals surface area (Å²) >= 11 is 0. The lowest BCUT2D eigenvalue weighted by Crippen LogP contribution is -2.63. The summed E-state index contributed by atoms with van der Waals surface area (Å²) in [6, 6.07) is 11.0. The fraction of sp³-hybridized carbons (Fsp3) is 0.477. The molecule has 9 rings (SSSR count). The Morgan fingerprint density at radius 1 is 0.984 bits per heavy atom. The van der Waals surface area contributed by atoms with Crippen LogP contribution >= 0.6 is 0 Å². The number of amides is 5. The largest absolute Gasteiger partial charge is 0.494 e. The Morgan fingerprint density at radius 2 is 1.74 bits per heavy atom. The van der Waals surface area contributed by atoms with Crippen molar-refractivity contribution in [3.63, 3.8) is 0 Å². The van der Waals surface area contributed by atoms with E-state index in [0.29, 0.717) is 52.4 Å². The molecule has 0 bridgehead atoms. The van der Waals surface area contributed by atoms with Crippen molar-refractivity contribution in [1.29, 1.82) is 0 Å². The fourth-order valence-electron chi connectivity index (χ4n) is 10.2. The number of halogens is 3. The molecule has 2 aliphatic carbocycles. The van der Waals surface area contributed by atoms with Crippen LogP contribution < -0.4 is 20.7 Å². The predicted octanol–water partition coefficient (Wildman–Crippen LogP) is 6.30. The topological polar surface area (TPSA) is 168 Å². The summed E-state index contributed by atoms with van der Waals surface area (Å²) in [5.74, 6) is -0.960. The van der Waals surface area contributed by atoms with E-state index < -0.39 is 47.4 Å². The zero-order valence-corrected chi connectivity index (χ0v) is 33.9. The van der Waals surface area contributed by atoms with Crippen LogP contribution in [0.2, 0.25) is 0 Å². The Morgan fingerprint density at radius 3 is 2.46 bits per heavy atom. The van der Waals surface area contributed by atoms with Crippen LogP contribution in [0.25, 0.3) is 10.9 Å². The SMILES string of the molecule is COc1cc2nn([C@H]3CC[C@H](CN4CC5(CC([C@H](C)CNc6cccc7c6C(=O)N(C6CCC(=O)NC6=O)C7=O)C5)C4)CC3)cc2cc1NC(=O)c1cccc(C(F)(F)F)n1. The Hall–Kier alpha value is -5.84. The lowest BCUT2D eigenvalue weighted by atomic mass is 9.54. The Labute approximate surface area is 349 Å². The van der Waals surface area contributed by atoms with Gasteiger partial charge in [-0.2, -0.15) is 18.3 Å². The average Bonchev–Trinajstić information content (AvgIpc) is 3.74.